The van der Waals surface area contributed by atoms with Crippen molar-refractivity contribution in [2.75, 3.05) is 23.9 Å². The molecule has 0 radical (unpaired) electrons. The minimum Gasteiger partial charge on any atom is -0.384 e. The molecule has 0 heterocycles. The number of benzene rings is 1. The van der Waals surface area contributed by atoms with Gasteiger partial charge in [0.2, 0.25) is 0 Å². The number of anilines is 1. The van der Waals surface area contributed by atoms with E-state index < -0.39 is 10.8 Å². The number of hydrogen-bond donors (Lipinski definition) is 1. The third-order valence-electron chi connectivity index (χ3n) is 2.03. The molecule has 0 saturated heterocycles. The van der Waals surface area contributed by atoms with Gasteiger partial charge in [-0.2, -0.15) is 5.26 Å². The minimum atomic E-state index is -0.747. The van der Waals surface area contributed by atoms with Gasteiger partial charge in [-0.1, -0.05) is 15.9 Å². The lowest BCUT2D eigenvalue weighted by molar-refractivity contribution is 0.685. The van der Waals surface area contributed by atoms with E-state index in [1.807, 2.05) is 12.1 Å². The maximum absolute atomic E-state index is 10.8. The minimum absolute atomic E-state index is 0.618. The average Bonchev–Trinajstić information content (AvgIpc) is 2.25. The Bertz CT molecular complexity index is 428. The average molecular weight is 301 g/mol. The van der Waals surface area contributed by atoms with Crippen molar-refractivity contribution in [2.45, 2.75) is 6.42 Å². The largest absolute Gasteiger partial charge is 0.384 e. The van der Waals surface area contributed by atoms with Gasteiger partial charge >= 0.3 is 0 Å². The van der Waals surface area contributed by atoms with Crippen LogP contribution < -0.4 is 5.32 Å². The number of hydrogen-bond acceptors (Lipinski definition) is 3. The Kier molecular flexibility index (Phi) is 5.50. The normalized spacial score (nSPS) is 11.8. The lowest BCUT2D eigenvalue weighted by Gasteiger charge is -2.07. The first-order chi connectivity index (χ1) is 7.63. The molecule has 0 fully saturated rings. The number of rotatable bonds is 5. The summed E-state index contributed by atoms with van der Waals surface area (Å²) in [6.07, 6.45) is 2.53. The third kappa shape index (κ3) is 4.33. The molecule has 86 valence electrons. The van der Waals surface area contributed by atoms with E-state index in [4.69, 9.17) is 5.26 Å². The van der Waals surface area contributed by atoms with Crippen LogP contribution in [0.5, 0.6) is 0 Å². The maximum Gasteiger partial charge on any atom is 0.101 e. The Morgan fingerprint density at radius 2 is 2.31 bits per heavy atom. The molecule has 0 saturated carbocycles. The van der Waals surface area contributed by atoms with Crippen molar-refractivity contribution in [3.8, 4) is 6.07 Å². The molecule has 16 heavy (non-hydrogen) atoms. The fraction of sp³-hybridized carbons (Fsp3) is 0.364. The molecule has 1 aromatic rings. The van der Waals surface area contributed by atoms with Gasteiger partial charge in [-0.25, -0.2) is 0 Å². The summed E-state index contributed by atoms with van der Waals surface area (Å²) >= 11 is 3.32. The van der Waals surface area contributed by atoms with Crippen LogP contribution in [0, 0.1) is 11.3 Å². The Morgan fingerprint density at radius 1 is 1.56 bits per heavy atom. The van der Waals surface area contributed by atoms with Gasteiger partial charge in [0.25, 0.3) is 0 Å². The summed E-state index contributed by atoms with van der Waals surface area (Å²) in [5.74, 6) is 0.686. The number of halogens is 1. The summed E-state index contributed by atoms with van der Waals surface area (Å²) in [6, 6.07) is 7.67. The summed E-state index contributed by atoms with van der Waals surface area (Å²) in [5.41, 5.74) is 1.44. The Labute approximate surface area is 106 Å². The molecular weight excluding hydrogens is 288 g/mol. The predicted octanol–water partition coefficient (Wildman–Crippen LogP) is 2.50. The zero-order chi connectivity index (χ0) is 12.0. The zero-order valence-electron chi connectivity index (χ0n) is 9.00. The number of nitrogens with zero attached hydrogens (tertiary/aromatic N) is 1. The van der Waals surface area contributed by atoms with Crippen molar-refractivity contribution in [3.05, 3.63) is 28.2 Å². The Balaban J connectivity index is 2.54. The lowest BCUT2D eigenvalue weighted by atomic mass is 10.2. The third-order valence-corrected chi connectivity index (χ3v) is 3.38. The quantitative estimate of drug-likeness (QED) is 0.850. The van der Waals surface area contributed by atoms with E-state index in [1.54, 1.807) is 12.3 Å². The zero-order valence-corrected chi connectivity index (χ0v) is 11.4. The summed E-state index contributed by atoms with van der Waals surface area (Å²) < 4.78 is 11.7. The van der Waals surface area contributed by atoms with Crippen LogP contribution in [0.1, 0.15) is 12.0 Å². The summed E-state index contributed by atoms with van der Waals surface area (Å²) in [6.45, 7) is 0.732. The molecule has 3 nitrogen and oxygen atoms in total. The second-order valence-electron chi connectivity index (χ2n) is 3.36. The van der Waals surface area contributed by atoms with E-state index >= 15 is 0 Å². The van der Waals surface area contributed by atoms with E-state index in [-0.39, 0.29) is 0 Å². The van der Waals surface area contributed by atoms with Crippen molar-refractivity contribution >= 4 is 32.4 Å². The monoisotopic (exact) mass is 300 g/mol. The maximum atomic E-state index is 10.8. The van der Waals surface area contributed by atoms with Gasteiger partial charge in [0, 0.05) is 33.8 Å². The van der Waals surface area contributed by atoms with Crippen molar-refractivity contribution in [3.63, 3.8) is 0 Å². The predicted molar refractivity (Wildman–Crippen MR) is 70.9 cm³/mol. The summed E-state index contributed by atoms with van der Waals surface area (Å²) in [5, 5.41) is 12.1. The first-order valence-corrected chi connectivity index (χ1v) is 7.39. The molecule has 0 amide bonds. The first kappa shape index (κ1) is 13.2. The van der Waals surface area contributed by atoms with Crippen LogP contribution in [0.15, 0.2) is 22.7 Å². The summed E-state index contributed by atoms with van der Waals surface area (Å²) in [7, 11) is -0.747. The molecule has 1 aromatic carbocycles. The number of nitriles is 1. The second kappa shape index (κ2) is 6.66. The molecular formula is C11H13BrN2OS. The highest BCUT2D eigenvalue weighted by Crippen LogP contribution is 2.20. The van der Waals surface area contributed by atoms with E-state index in [1.165, 1.54) is 0 Å². The van der Waals surface area contributed by atoms with Crippen LogP contribution in [0.4, 0.5) is 5.69 Å². The van der Waals surface area contributed by atoms with Crippen LogP contribution in [0.2, 0.25) is 0 Å². The van der Waals surface area contributed by atoms with Crippen LogP contribution in [0.25, 0.3) is 0 Å². The van der Waals surface area contributed by atoms with Crippen molar-refractivity contribution in [1.29, 1.82) is 5.26 Å². The van der Waals surface area contributed by atoms with Gasteiger partial charge in [-0.05, 0) is 24.6 Å². The molecule has 0 spiro atoms. The molecule has 0 aliphatic rings. The van der Waals surface area contributed by atoms with Gasteiger partial charge in [0.15, 0.2) is 0 Å². The molecule has 0 aliphatic carbocycles. The molecule has 1 N–H and O–H groups in total. The van der Waals surface area contributed by atoms with Gasteiger partial charge in [-0.3, -0.25) is 4.21 Å². The lowest BCUT2D eigenvalue weighted by Crippen LogP contribution is -2.07. The molecule has 0 bridgehead atoms. The molecule has 5 heteroatoms. The highest BCUT2D eigenvalue weighted by molar-refractivity contribution is 9.10. The van der Waals surface area contributed by atoms with E-state index in [0.717, 1.165) is 23.1 Å². The number of nitrogens with one attached hydrogen (secondary N) is 1. The van der Waals surface area contributed by atoms with Crippen LogP contribution in [-0.2, 0) is 10.8 Å². The van der Waals surface area contributed by atoms with Crippen LogP contribution in [0.3, 0.4) is 0 Å². The second-order valence-corrected chi connectivity index (χ2v) is 5.83. The highest BCUT2D eigenvalue weighted by Gasteiger charge is 2.01. The molecule has 1 atom stereocenters. The van der Waals surface area contributed by atoms with Crippen molar-refractivity contribution < 1.29 is 4.21 Å². The standard InChI is InChI=1S/C11H13BrN2OS/c1-16(15)6-2-5-14-11-4-3-10(12)7-9(11)8-13/h3-4,7,14H,2,5-6H2,1H3/t16-/m1/s1. The van der Waals surface area contributed by atoms with Crippen LogP contribution in [-0.4, -0.2) is 22.8 Å². The van der Waals surface area contributed by atoms with E-state index in [9.17, 15) is 4.21 Å². The van der Waals surface area contributed by atoms with Crippen molar-refractivity contribution in [1.82, 2.24) is 0 Å². The molecule has 1 rings (SSSR count). The molecule has 0 aliphatic heterocycles. The van der Waals surface area contributed by atoms with Crippen molar-refractivity contribution in [2.24, 2.45) is 0 Å². The molecule has 0 aromatic heterocycles. The highest BCUT2D eigenvalue weighted by atomic mass is 79.9. The fourth-order valence-corrected chi connectivity index (χ4v) is 2.17. The van der Waals surface area contributed by atoms with Crippen LogP contribution >= 0.6 is 15.9 Å². The Morgan fingerprint density at radius 3 is 2.94 bits per heavy atom. The SMILES string of the molecule is C[S@@](=O)CCCNc1ccc(Br)cc1C#N. The fourth-order valence-electron chi connectivity index (χ4n) is 1.26. The van der Waals surface area contributed by atoms with E-state index in [0.29, 0.717) is 11.3 Å². The first-order valence-electron chi connectivity index (χ1n) is 4.87. The van der Waals surface area contributed by atoms with Gasteiger partial charge < -0.3 is 5.32 Å². The van der Waals surface area contributed by atoms with Gasteiger partial charge in [-0.15, -0.1) is 0 Å². The Hall–Kier alpha value is -0.860. The topological polar surface area (TPSA) is 52.9 Å². The summed E-state index contributed by atoms with van der Waals surface area (Å²) in [4.78, 5) is 0. The van der Waals surface area contributed by atoms with Gasteiger partial charge in [0.1, 0.15) is 6.07 Å². The molecule has 0 unspecified atom stereocenters. The van der Waals surface area contributed by atoms with E-state index in [2.05, 4.69) is 27.3 Å². The van der Waals surface area contributed by atoms with Gasteiger partial charge in [0.05, 0.1) is 11.3 Å². The smallest absolute Gasteiger partial charge is 0.101 e.